The van der Waals surface area contributed by atoms with E-state index in [1.54, 1.807) is 30.3 Å². The number of ketones is 1. The van der Waals surface area contributed by atoms with Crippen LogP contribution in [-0.2, 0) is 9.84 Å². The number of carbonyl (C=O) groups excluding carboxylic acids is 1. The van der Waals surface area contributed by atoms with E-state index in [1.165, 1.54) is 13.8 Å². The molecule has 0 bridgehead atoms. The quantitative estimate of drug-likeness (QED) is 0.616. The van der Waals surface area contributed by atoms with E-state index in [2.05, 4.69) is 0 Å². The van der Waals surface area contributed by atoms with E-state index >= 15 is 0 Å². The molecule has 0 aromatic heterocycles. The van der Waals surface area contributed by atoms with Crippen LogP contribution in [0.1, 0.15) is 24.2 Å². The number of rotatable bonds is 4. The lowest BCUT2D eigenvalue weighted by Gasteiger charge is -2.19. The Labute approximate surface area is 100 Å². The van der Waals surface area contributed by atoms with E-state index < -0.39 is 19.8 Å². The van der Waals surface area contributed by atoms with Crippen LogP contribution in [0.25, 0.3) is 0 Å². The number of sulfone groups is 1. The Morgan fingerprint density at radius 2 is 1.81 bits per heavy atom. The van der Waals surface area contributed by atoms with Crippen molar-refractivity contribution in [3.8, 4) is 0 Å². The highest BCUT2D eigenvalue weighted by Crippen LogP contribution is 2.27. The number of hydrogen-bond acceptors (Lipinski definition) is 3. The Kier molecular flexibility index (Phi) is 3.76. The van der Waals surface area contributed by atoms with Gasteiger partial charge in [-0.1, -0.05) is 48.9 Å². The zero-order valence-corrected chi connectivity index (χ0v) is 10.7. The number of alkyl halides is 1. The van der Waals surface area contributed by atoms with Crippen LogP contribution in [0.15, 0.2) is 30.3 Å². The van der Waals surface area contributed by atoms with Crippen molar-refractivity contribution in [1.29, 1.82) is 0 Å². The van der Waals surface area contributed by atoms with Gasteiger partial charge in [-0.25, -0.2) is 8.42 Å². The van der Waals surface area contributed by atoms with E-state index in [1.807, 2.05) is 0 Å². The molecule has 5 heteroatoms. The van der Waals surface area contributed by atoms with E-state index in [-0.39, 0.29) is 5.75 Å². The van der Waals surface area contributed by atoms with Gasteiger partial charge in [0.25, 0.3) is 0 Å². The standard InChI is InChI=1S/C11H13ClO3S/c1-3-16(14,15)11(2,12)10(13)9-7-5-4-6-8-9/h4-8H,3H2,1-2H3. The molecule has 1 unspecified atom stereocenters. The van der Waals surface area contributed by atoms with Crippen LogP contribution in [0.2, 0.25) is 0 Å². The van der Waals surface area contributed by atoms with Crippen LogP contribution in [0, 0.1) is 0 Å². The lowest BCUT2D eigenvalue weighted by Crippen LogP contribution is -2.39. The van der Waals surface area contributed by atoms with E-state index in [0.29, 0.717) is 5.56 Å². The Bertz CT molecular complexity index is 477. The molecule has 1 rings (SSSR count). The first kappa shape index (κ1) is 13.2. The average molecular weight is 261 g/mol. The lowest BCUT2D eigenvalue weighted by atomic mass is 10.1. The van der Waals surface area contributed by atoms with Gasteiger partial charge < -0.3 is 0 Å². The molecule has 0 N–H and O–H groups in total. The number of hydrogen-bond donors (Lipinski definition) is 0. The van der Waals surface area contributed by atoms with Crippen molar-refractivity contribution in [3.05, 3.63) is 35.9 Å². The third-order valence-electron chi connectivity index (χ3n) is 2.41. The summed E-state index contributed by atoms with van der Waals surface area (Å²) in [6.07, 6.45) is 0. The Morgan fingerprint density at radius 1 is 1.31 bits per heavy atom. The van der Waals surface area contributed by atoms with Gasteiger partial charge in [0.1, 0.15) is 0 Å². The molecule has 0 saturated carbocycles. The number of carbonyl (C=O) groups is 1. The Hall–Kier alpha value is -0.870. The molecule has 0 aliphatic rings. The first-order chi connectivity index (χ1) is 7.33. The lowest BCUT2D eigenvalue weighted by molar-refractivity contribution is 0.0978. The molecular formula is C11H13ClO3S. The van der Waals surface area contributed by atoms with Gasteiger partial charge in [-0.05, 0) is 6.92 Å². The number of Topliss-reactive ketones (excluding diaryl/α,β-unsaturated/α-hetero) is 1. The summed E-state index contributed by atoms with van der Waals surface area (Å²) in [7, 11) is -3.63. The first-order valence-corrected chi connectivity index (χ1v) is 6.87. The van der Waals surface area contributed by atoms with E-state index in [4.69, 9.17) is 11.6 Å². The smallest absolute Gasteiger partial charge is 0.205 e. The van der Waals surface area contributed by atoms with Crippen LogP contribution in [0.3, 0.4) is 0 Å². The van der Waals surface area contributed by atoms with Crippen LogP contribution < -0.4 is 0 Å². The molecule has 0 heterocycles. The maximum absolute atomic E-state index is 12.0. The molecule has 0 amide bonds. The van der Waals surface area contributed by atoms with Crippen molar-refractivity contribution < 1.29 is 13.2 Å². The molecule has 88 valence electrons. The second kappa shape index (κ2) is 4.55. The molecular weight excluding hydrogens is 248 g/mol. The van der Waals surface area contributed by atoms with Gasteiger partial charge >= 0.3 is 0 Å². The highest BCUT2D eigenvalue weighted by atomic mass is 35.5. The number of halogens is 1. The van der Waals surface area contributed by atoms with Crippen LogP contribution in [0.4, 0.5) is 0 Å². The third kappa shape index (κ3) is 2.28. The van der Waals surface area contributed by atoms with Gasteiger partial charge in [-0.3, -0.25) is 4.79 Å². The summed E-state index contributed by atoms with van der Waals surface area (Å²) in [6.45, 7) is 2.69. The summed E-state index contributed by atoms with van der Waals surface area (Å²) in [6, 6.07) is 8.18. The van der Waals surface area contributed by atoms with Gasteiger partial charge in [0.2, 0.25) is 4.21 Å². The SMILES string of the molecule is CCS(=O)(=O)C(C)(Cl)C(=O)c1ccccc1. The Balaban J connectivity index is 3.17. The van der Waals surface area contributed by atoms with Crippen molar-refractivity contribution in [2.45, 2.75) is 18.1 Å². The van der Waals surface area contributed by atoms with E-state index in [9.17, 15) is 13.2 Å². The highest BCUT2D eigenvalue weighted by molar-refractivity contribution is 7.95. The zero-order chi connectivity index (χ0) is 12.4. The first-order valence-electron chi connectivity index (χ1n) is 4.84. The minimum Gasteiger partial charge on any atom is -0.291 e. The minimum absolute atomic E-state index is 0.161. The largest absolute Gasteiger partial charge is 0.291 e. The molecule has 3 nitrogen and oxygen atoms in total. The maximum atomic E-state index is 12.0. The van der Waals surface area contributed by atoms with Gasteiger partial charge in [0.15, 0.2) is 15.6 Å². The third-order valence-corrected chi connectivity index (χ3v) is 5.40. The summed E-state index contributed by atoms with van der Waals surface area (Å²) in [4.78, 5) is 12.0. The molecule has 0 spiro atoms. The molecule has 0 fully saturated rings. The van der Waals surface area contributed by atoms with Crippen LogP contribution in [-0.4, -0.2) is 24.2 Å². The van der Waals surface area contributed by atoms with Crippen molar-refractivity contribution in [3.63, 3.8) is 0 Å². The van der Waals surface area contributed by atoms with Crippen LogP contribution in [0.5, 0.6) is 0 Å². The monoisotopic (exact) mass is 260 g/mol. The molecule has 0 aliphatic carbocycles. The maximum Gasteiger partial charge on any atom is 0.205 e. The highest BCUT2D eigenvalue weighted by Gasteiger charge is 2.43. The fourth-order valence-corrected chi connectivity index (χ4v) is 2.64. The topological polar surface area (TPSA) is 51.2 Å². The fraction of sp³-hybridized carbons (Fsp3) is 0.364. The second-order valence-electron chi connectivity index (χ2n) is 3.52. The summed E-state index contributed by atoms with van der Waals surface area (Å²) in [5.41, 5.74) is 0.303. The number of benzene rings is 1. The minimum atomic E-state index is -3.63. The van der Waals surface area contributed by atoms with E-state index in [0.717, 1.165) is 0 Å². The van der Waals surface area contributed by atoms with Crippen molar-refractivity contribution >= 4 is 27.2 Å². The second-order valence-corrected chi connectivity index (χ2v) is 7.12. The van der Waals surface area contributed by atoms with Crippen molar-refractivity contribution in [1.82, 2.24) is 0 Å². The zero-order valence-electron chi connectivity index (χ0n) is 9.10. The van der Waals surface area contributed by atoms with Crippen LogP contribution >= 0.6 is 11.6 Å². The summed E-state index contributed by atoms with van der Waals surface area (Å²) >= 11 is 5.88. The normalized spacial score (nSPS) is 15.4. The molecule has 16 heavy (non-hydrogen) atoms. The summed E-state index contributed by atoms with van der Waals surface area (Å²) in [5.74, 6) is -0.748. The summed E-state index contributed by atoms with van der Waals surface area (Å²) < 4.78 is 21.5. The molecule has 1 aromatic rings. The Morgan fingerprint density at radius 3 is 2.25 bits per heavy atom. The molecule has 1 aromatic carbocycles. The van der Waals surface area contributed by atoms with Gasteiger partial charge in [-0.2, -0.15) is 0 Å². The van der Waals surface area contributed by atoms with Gasteiger partial charge in [0.05, 0.1) is 0 Å². The van der Waals surface area contributed by atoms with Crippen molar-refractivity contribution in [2.24, 2.45) is 0 Å². The summed E-state index contributed by atoms with van der Waals surface area (Å²) in [5, 5.41) is 0. The van der Waals surface area contributed by atoms with Gasteiger partial charge in [0, 0.05) is 11.3 Å². The average Bonchev–Trinajstić information content (AvgIpc) is 2.29. The molecule has 0 radical (unpaired) electrons. The van der Waals surface area contributed by atoms with Gasteiger partial charge in [-0.15, -0.1) is 0 Å². The predicted octanol–water partition coefficient (Wildman–Crippen LogP) is 2.26. The molecule has 0 aliphatic heterocycles. The molecule has 0 saturated heterocycles. The van der Waals surface area contributed by atoms with Crippen molar-refractivity contribution in [2.75, 3.05) is 5.75 Å². The fourth-order valence-electron chi connectivity index (χ4n) is 1.26. The predicted molar refractivity (Wildman–Crippen MR) is 64.5 cm³/mol. The molecule has 1 atom stereocenters.